The Morgan fingerprint density at radius 3 is 2.42 bits per heavy atom. The molecule has 1 N–H and O–H groups in total. The molecule has 1 amide bonds. The molecule has 7 nitrogen and oxygen atoms in total. The van der Waals surface area contributed by atoms with Gasteiger partial charge in [0.2, 0.25) is 0 Å². The SMILES string of the molecule is COc1cc(=O)n(C)cc1-c1ccccc1Oc1cccc(NC(=O)OC(C)(C)C)c1. The zero-order valence-electron chi connectivity index (χ0n) is 18.3. The number of carbonyl (C=O) groups excluding carboxylic acids is 1. The number of benzene rings is 2. The molecule has 0 radical (unpaired) electrons. The molecule has 0 spiro atoms. The van der Waals surface area contributed by atoms with Crippen LogP contribution in [0.5, 0.6) is 17.2 Å². The topological polar surface area (TPSA) is 78.8 Å². The number of pyridine rings is 1. The van der Waals surface area contributed by atoms with Crippen LogP contribution in [0.15, 0.2) is 65.6 Å². The summed E-state index contributed by atoms with van der Waals surface area (Å²) in [6.45, 7) is 5.41. The summed E-state index contributed by atoms with van der Waals surface area (Å²) in [5, 5.41) is 2.70. The molecule has 0 aliphatic rings. The lowest BCUT2D eigenvalue weighted by Gasteiger charge is -2.20. The highest BCUT2D eigenvalue weighted by Gasteiger charge is 2.17. The van der Waals surface area contributed by atoms with Gasteiger partial charge in [-0.1, -0.05) is 24.3 Å². The highest BCUT2D eigenvalue weighted by molar-refractivity contribution is 5.85. The fraction of sp³-hybridized carbons (Fsp3) is 0.250. The fourth-order valence-corrected chi connectivity index (χ4v) is 2.95. The molecule has 1 heterocycles. The van der Waals surface area contributed by atoms with Crippen molar-refractivity contribution in [2.45, 2.75) is 26.4 Å². The third kappa shape index (κ3) is 5.66. The number of aromatic nitrogens is 1. The number of hydrogen-bond donors (Lipinski definition) is 1. The lowest BCUT2D eigenvalue weighted by Crippen LogP contribution is -2.27. The molecule has 0 atom stereocenters. The summed E-state index contributed by atoms with van der Waals surface area (Å²) in [5.74, 6) is 1.57. The summed E-state index contributed by atoms with van der Waals surface area (Å²) >= 11 is 0. The predicted molar refractivity (Wildman–Crippen MR) is 120 cm³/mol. The highest BCUT2D eigenvalue weighted by atomic mass is 16.6. The Bertz CT molecular complexity index is 1150. The number of anilines is 1. The van der Waals surface area contributed by atoms with Gasteiger partial charge in [-0.25, -0.2) is 4.79 Å². The maximum Gasteiger partial charge on any atom is 0.412 e. The van der Waals surface area contributed by atoms with Crippen LogP contribution in [-0.4, -0.2) is 23.4 Å². The third-order valence-corrected chi connectivity index (χ3v) is 4.29. The van der Waals surface area contributed by atoms with Gasteiger partial charge < -0.3 is 18.8 Å². The van der Waals surface area contributed by atoms with Crippen molar-refractivity contribution in [1.29, 1.82) is 0 Å². The maximum atomic E-state index is 12.1. The number of rotatable bonds is 5. The van der Waals surface area contributed by atoms with Crippen LogP contribution in [0, 0.1) is 0 Å². The highest BCUT2D eigenvalue weighted by Crippen LogP contribution is 2.37. The second kappa shape index (κ2) is 8.95. The minimum absolute atomic E-state index is 0.167. The van der Waals surface area contributed by atoms with Gasteiger partial charge in [-0.3, -0.25) is 10.1 Å². The Labute approximate surface area is 181 Å². The van der Waals surface area contributed by atoms with E-state index < -0.39 is 11.7 Å². The number of carbonyl (C=O) groups is 1. The summed E-state index contributed by atoms with van der Waals surface area (Å²) in [7, 11) is 3.20. The van der Waals surface area contributed by atoms with E-state index in [-0.39, 0.29) is 5.56 Å². The van der Waals surface area contributed by atoms with Crippen molar-refractivity contribution in [3.8, 4) is 28.4 Å². The van der Waals surface area contributed by atoms with Gasteiger partial charge in [0.1, 0.15) is 22.8 Å². The third-order valence-electron chi connectivity index (χ3n) is 4.29. The average molecular weight is 422 g/mol. The molecule has 0 saturated heterocycles. The van der Waals surface area contributed by atoms with E-state index >= 15 is 0 Å². The van der Waals surface area contributed by atoms with Crippen molar-refractivity contribution in [3.05, 3.63) is 71.1 Å². The number of aryl methyl sites for hydroxylation is 1. The second-order valence-electron chi connectivity index (χ2n) is 7.96. The maximum absolute atomic E-state index is 12.1. The van der Waals surface area contributed by atoms with Gasteiger partial charge >= 0.3 is 6.09 Å². The molecule has 31 heavy (non-hydrogen) atoms. The molecule has 3 aromatic rings. The summed E-state index contributed by atoms with van der Waals surface area (Å²) in [5.41, 5.74) is 1.28. The van der Waals surface area contributed by atoms with Crippen LogP contribution in [0.25, 0.3) is 11.1 Å². The molecule has 0 unspecified atom stereocenters. The lowest BCUT2D eigenvalue weighted by molar-refractivity contribution is 0.0636. The average Bonchev–Trinajstić information content (AvgIpc) is 2.69. The molecular weight excluding hydrogens is 396 g/mol. The molecule has 0 aliphatic carbocycles. The summed E-state index contributed by atoms with van der Waals surface area (Å²) in [6.07, 6.45) is 1.17. The quantitative estimate of drug-likeness (QED) is 0.611. The van der Waals surface area contributed by atoms with Crippen molar-refractivity contribution < 1.29 is 19.0 Å². The molecule has 0 fully saturated rings. The molecule has 7 heteroatoms. The first-order chi connectivity index (χ1) is 14.7. The van der Waals surface area contributed by atoms with Crippen molar-refractivity contribution in [1.82, 2.24) is 4.57 Å². The van der Waals surface area contributed by atoms with Crippen LogP contribution in [0.3, 0.4) is 0 Å². The predicted octanol–water partition coefficient (Wildman–Crippen LogP) is 5.20. The summed E-state index contributed by atoms with van der Waals surface area (Å²) in [4.78, 5) is 24.0. The van der Waals surface area contributed by atoms with Crippen LogP contribution in [0.4, 0.5) is 10.5 Å². The molecular formula is C24H26N2O5. The molecule has 3 rings (SSSR count). The van der Waals surface area contributed by atoms with Gasteiger partial charge in [-0.05, 0) is 39.0 Å². The molecule has 2 aromatic carbocycles. The number of nitrogens with zero attached hydrogens (tertiary/aromatic N) is 1. The van der Waals surface area contributed by atoms with E-state index in [0.29, 0.717) is 22.9 Å². The number of hydrogen-bond acceptors (Lipinski definition) is 5. The number of amides is 1. The Kier molecular flexibility index (Phi) is 6.34. The van der Waals surface area contributed by atoms with Crippen molar-refractivity contribution in [3.63, 3.8) is 0 Å². The minimum atomic E-state index is -0.591. The van der Waals surface area contributed by atoms with E-state index in [9.17, 15) is 9.59 Å². The van der Waals surface area contributed by atoms with E-state index in [2.05, 4.69) is 5.32 Å². The van der Waals surface area contributed by atoms with Crippen LogP contribution < -0.4 is 20.3 Å². The minimum Gasteiger partial charge on any atom is -0.496 e. The zero-order valence-corrected chi connectivity index (χ0v) is 18.3. The van der Waals surface area contributed by atoms with Gasteiger partial charge in [0.15, 0.2) is 0 Å². The number of ether oxygens (including phenoxy) is 3. The Hall–Kier alpha value is -3.74. The number of para-hydroxylation sites is 1. The lowest BCUT2D eigenvalue weighted by atomic mass is 10.1. The normalized spacial score (nSPS) is 11.0. The van der Waals surface area contributed by atoms with Crippen molar-refractivity contribution >= 4 is 11.8 Å². The standard InChI is InChI=1S/C24H26N2O5/c1-24(2,3)31-23(28)25-16-9-8-10-17(13-16)30-20-12-7-6-11-18(20)19-15-26(4)22(27)14-21(19)29-5/h6-15H,1-5H3,(H,25,28). The van der Waals surface area contributed by atoms with Gasteiger partial charge in [-0.2, -0.15) is 0 Å². The summed E-state index contributed by atoms with van der Waals surface area (Å²) < 4.78 is 18.3. The van der Waals surface area contributed by atoms with Crippen LogP contribution in [-0.2, 0) is 11.8 Å². The monoisotopic (exact) mass is 422 g/mol. The number of nitrogens with one attached hydrogen (secondary N) is 1. The van der Waals surface area contributed by atoms with Gasteiger partial charge in [-0.15, -0.1) is 0 Å². The Morgan fingerprint density at radius 1 is 0.968 bits per heavy atom. The molecule has 0 aliphatic heterocycles. The van der Waals surface area contributed by atoms with E-state index in [4.69, 9.17) is 14.2 Å². The Balaban J connectivity index is 1.90. The smallest absolute Gasteiger partial charge is 0.412 e. The fourth-order valence-electron chi connectivity index (χ4n) is 2.95. The van der Waals surface area contributed by atoms with Crippen LogP contribution in [0.2, 0.25) is 0 Å². The molecule has 162 valence electrons. The van der Waals surface area contributed by atoms with Gasteiger partial charge in [0, 0.05) is 42.2 Å². The molecule has 0 saturated carbocycles. The van der Waals surface area contributed by atoms with Gasteiger partial charge in [0.25, 0.3) is 5.56 Å². The first-order valence-corrected chi connectivity index (χ1v) is 9.78. The summed E-state index contributed by atoms with van der Waals surface area (Å²) in [6, 6.07) is 15.9. The van der Waals surface area contributed by atoms with E-state index in [0.717, 1.165) is 11.1 Å². The molecule has 1 aromatic heterocycles. The largest absolute Gasteiger partial charge is 0.496 e. The Morgan fingerprint density at radius 2 is 1.71 bits per heavy atom. The van der Waals surface area contributed by atoms with Crippen molar-refractivity contribution in [2.24, 2.45) is 7.05 Å². The first kappa shape index (κ1) is 22.0. The van der Waals surface area contributed by atoms with Crippen LogP contribution >= 0.6 is 0 Å². The second-order valence-corrected chi connectivity index (χ2v) is 7.96. The van der Waals surface area contributed by atoms with Crippen molar-refractivity contribution in [2.75, 3.05) is 12.4 Å². The number of methoxy groups -OCH3 is 1. The first-order valence-electron chi connectivity index (χ1n) is 9.78. The van der Waals surface area contributed by atoms with E-state index in [1.807, 2.05) is 24.3 Å². The molecule has 0 bridgehead atoms. The van der Waals surface area contributed by atoms with Gasteiger partial charge in [0.05, 0.1) is 7.11 Å². The van der Waals surface area contributed by atoms with Crippen LogP contribution in [0.1, 0.15) is 20.8 Å². The van der Waals surface area contributed by atoms with E-state index in [1.165, 1.54) is 17.7 Å². The van der Waals surface area contributed by atoms with E-state index in [1.54, 1.807) is 58.3 Å². The zero-order chi connectivity index (χ0) is 22.6.